The highest BCUT2D eigenvalue weighted by Gasteiger charge is 2.30. The van der Waals surface area contributed by atoms with E-state index in [0.29, 0.717) is 30.9 Å². The summed E-state index contributed by atoms with van der Waals surface area (Å²) in [5.74, 6) is 2.28. The van der Waals surface area contributed by atoms with Crippen LogP contribution in [0.3, 0.4) is 0 Å². The molecular formula is C20H25N3O3S. The molecule has 2 unspecified atom stereocenters. The SMILES string of the molecule is O=C(CCn1ncc(=O)c2ccccc21)N(CC1CCCO1)C1CCSC1. The number of fused-ring (bicyclic) bond motifs is 1. The number of ether oxygens (including phenoxy) is 1. The Morgan fingerprint density at radius 2 is 2.22 bits per heavy atom. The van der Waals surface area contributed by atoms with E-state index in [1.54, 1.807) is 10.7 Å². The molecule has 6 nitrogen and oxygen atoms in total. The Morgan fingerprint density at radius 1 is 1.33 bits per heavy atom. The second-order valence-electron chi connectivity index (χ2n) is 7.20. The largest absolute Gasteiger partial charge is 0.376 e. The minimum atomic E-state index is -0.0869. The summed E-state index contributed by atoms with van der Waals surface area (Å²) >= 11 is 1.92. The highest BCUT2D eigenvalue weighted by atomic mass is 32.2. The molecule has 2 saturated heterocycles. The topological polar surface area (TPSA) is 64.4 Å². The molecule has 1 aromatic heterocycles. The highest BCUT2D eigenvalue weighted by molar-refractivity contribution is 7.99. The quantitative estimate of drug-likeness (QED) is 0.761. The molecule has 0 radical (unpaired) electrons. The maximum Gasteiger partial charge on any atom is 0.224 e. The number of rotatable bonds is 6. The number of carbonyl (C=O) groups is 1. The fraction of sp³-hybridized carbons (Fsp3) is 0.550. The average molecular weight is 388 g/mol. The zero-order valence-corrected chi connectivity index (χ0v) is 16.2. The van der Waals surface area contributed by atoms with Crippen molar-refractivity contribution >= 4 is 28.6 Å². The Labute approximate surface area is 162 Å². The van der Waals surface area contributed by atoms with E-state index in [0.717, 1.165) is 42.9 Å². The van der Waals surface area contributed by atoms with E-state index >= 15 is 0 Å². The molecule has 0 aliphatic carbocycles. The van der Waals surface area contributed by atoms with Gasteiger partial charge in [-0.2, -0.15) is 16.9 Å². The van der Waals surface area contributed by atoms with Gasteiger partial charge in [0.05, 0.1) is 24.4 Å². The number of benzene rings is 1. The first kappa shape index (κ1) is 18.5. The first-order chi connectivity index (χ1) is 13.2. The summed E-state index contributed by atoms with van der Waals surface area (Å²) in [6.07, 6.45) is 5.07. The maximum atomic E-state index is 13.1. The van der Waals surface area contributed by atoms with Crippen LogP contribution in [0.15, 0.2) is 35.3 Å². The number of aryl methyl sites for hydroxylation is 1. The Balaban J connectivity index is 1.47. The van der Waals surface area contributed by atoms with Crippen molar-refractivity contribution in [3.05, 3.63) is 40.7 Å². The van der Waals surface area contributed by atoms with Crippen LogP contribution in [0.2, 0.25) is 0 Å². The minimum Gasteiger partial charge on any atom is -0.376 e. The van der Waals surface area contributed by atoms with Gasteiger partial charge in [0, 0.05) is 36.8 Å². The summed E-state index contributed by atoms with van der Waals surface area (Å²) < 4.78 is 7.54. The van der Waals surface area contributed by atoms with Crippen molar-refractivity contribution in [2.45, 2.75) is 44.4 Å². The Bertz CT molecular complexity index is 857. The molecule has 27 heavy (non-hydrogen) atoms. The predicted molar refractivity (Wildman–Crippen MR) is 107 cm³/mol. The third-order valence-corrected chi connectivity index (χ3v) is 6.54. The molecule has 0 bridgehead atoms. The summed E-state index contributed by atoms with van der Waals surface area (Å²) in [5, 5.41) is 4.89. The van der Waals surface area contributed by atoms with Gasteiger partial charge in [0.1, 0.15) is 0 Å². The maximum absolute atomic E-state index is 13.1. The third-order valence-electron chi connectivity index (χ3n) is 5.39. The Hall–Kier alpha value is -1.86. The van der Waals surface area contributed by atoms with Crippen molar-refractivity contribution in [2.75, 3.05) is 24.7 Å². The van der Waals surface area contributed by atoms with Gasteiger partial charge in [-0.1, -0.05) is 12.1 Å². The van der Waals surface area contributed by atoms with Gasteiger partial charge in [-0.15, -0.1) is 0 Å². The number of nitrogens with zero attached hydrogens (tertiary/aromatic N) is 3. The molecule has 1 amide bonds. The molecule has 0 saturated carbocycles. The molecule has 2 aromatic rings. The van der Waals surface area contributed by atoms with Crippen LogP contribution in [0.5, 0.6) is 0 Å². The van der Waals surface area contributed by atoms with E-state index in [2.05, 4.69) is 5.10 Å². The number of para-hydroxylation sites is 1. The average Bonchev–Trinajstić information content (AvgIpc) is 3.39. The lowest BCUT2D eigenvalue weighted by Gasteiger charge is -2.31. The molecular weight excluding hydrogens is 362 g/mol. The number of carbonyl (C=O) groups excluding carboxylic acids is 1. The van der Waals surface area contributed by atoms with Gasteiger partial charge in [-0.05, 0) is 37.1 Å². The van der Waals surface area contributed by atoms with E-state index in [1.165, 1.54) is 6.20 Å². The van der Waals surface area contributed by atoms with Crippen LogP contribution in [0.25, 0.3) is 10.9 Å². The zero-order chi connectivity index (χ0) is 18.6. The molecule has 2 aliphatic heterocycles. The highest BCUT2D eigenvalue weighted by Crippen LogP contribution is 2.25. The van der Waals surface area contributed by atoms with Gasteiger partial charge in [0.15, 0.2) is 0 Å². The fourth-order valence-corrected chi connectivity index (χ4v) is 5.14. The van der Waals surface area contributed by atoms with E-state index in [9.17, 15) is 9.59 Å². The first-order valence-corrected chi connectivity index (χ1v) is 10.8. The molecule has 144 valence electrons. The van der Waals surface area contributed by atoms with E-state index in [-0.39, 0.29) is 17.4 Å². The molecule has 2 aliphatic rings. The van der Waals surface area contributed by atoms with Crippen LogP contribution in [0.4, 0.5) is 0 Å². The van der Waals surface area contributed by atoms with Crippen molar-refractivity contribution in [1.82, 2.24) is 14.7 Å². The number of aromatic nitrogens is 2. The van der Waals surface area contributed by atoms with Gasteiger partial charge in [0.2, 0.25) is 11.3 Å². The predicted octanol–water partition coefficient (Wildman–Crippen LogP) is 2.30. The normalized spacial score (nSPS) is 22.4. The lowest BCUT2D eigenvalue weighted by Crippen LogP contribution is -2.45. The van der Waals surface area contributed by atoms with Crippen molar-refractivity contribution in [3.8, 4) is 0 Å². The number of thioether (sulfide) groups is 1. The van der Waals surface area contributed by atoms with Gasteiger partial charge in [-0.3, -0.25) is 14.3 Å². The van der Waals surface area contributed by atoms with Crippen LogP contribution in [0.1, 0.15) is 25.7 Å². The summed E-state index contributed by atoms with van der Waals surface area (Å²) in [4.78, 5) is 27.1. The molecule has 2 fully saturated rings. The first-order valence-electron chi connectivity index (χ1n) is 9.66. The van der Waals surface area contributed by atoms with Crippen LogP contribution < -0.4 is 5.43 Å². The van der Waals surface area contributed by atoms with Gasteiger partial charge in [0.25, 0.3) is 0 Å². The Morgan fingerprint density at radius 3 is 3.00 bits per heavy atom. The van der Waals surface area contributed by atoms with E-state index in [4.69, 9.17) is 4.74 Å². The monoisotopic (exact) mass is 387 g/mol. The van der Waals surface area contributed by atoms with Gasteiger partial charge >= 0.3 is 0 Å². The van der Waals surface area contributed by atoms with Crippen LogP contribution in [0, 0.1) is 0 Å². The summed E-state index contributed by atoms with van der Waals surface area (Å²) in [6.45, 7) is 1.98. The van der Waals surface area contributed by atoms with Crippen molar-refractivity contribution in [1.29, 1.82) is 0 Å². The van der Waals surface area contributed by atoms with Crippen LogP contribution in [-0.2, 0) is 16.1 Å². The van der Waals surface area contributed by atoms with Gasteiger partial charge in [-0.25, -0.2) is 0 Å². The summed E-state index contributed by atoms with van der Waals surface area (Å²) in [6, 6.07) is 7.73. The zero-order valence-electron chi connectivity index (χ0n) is 15.4. The molecule has 2 atom stereocenters. The lowest BCUT2D eigenvalue weighted by molar-refractivity contribution is -0.135. The lowest BCUT2D eigenvalue weighted by atomic mass is 10.1. The molecule has 7 heteroatoms. The number of amides is 1. The molecule has 0 N–H and O–H groups in total. The van der Waals surface area contributed by atoms with Crippen molar-refractivity contribution < 1.29 is 9.53 Å². The second kappa shape index (κ2) is 8.44. The molecule has 1 aromatic carbocycles. The molecule has 4 rings (SSSR count). The summed E-state index contributed by atoms with van der Waals surface area (Å²) in [7, 11) is 0. The minimum absolute atomic E-state index is 0.0869. The fourth-order valence-electron chi connectivity index (χ4n) is 3.91. The van der Waals surface area contributed by atoms with Crippen molar-refractivity contribution in [3.63, 3.8) is 0 Å². The van der Waals surface area contributed by atoms with Crippen LogP contribution in [-0.4, -0.2) is 57.4 Å². The smallest absolute Gasteiger partial charge is 0.224 e. The van der Waals surface area contributed by atoms with Crippen LogP contribution >= 0.6 is 11.8 Å². The van der Waals surface area contributed by atoms with E-state index in [1.807, 2.05) is 34.9 Å². The molecule has 3 heterocycles. The Kier molecular flexibility index (Phi) is 5.78. The summed E-state index contributed by atoms with van der Waals surface area (Å²) in [5.41, 5.74) is 0.691. The number of hydrogen-bond donors (Lipinski definition) is 0. The second-order valence-corrected chi connectivity index (χ2v) is 8.35. The number of hydrogen-bond acceptors (Lipinski definition) is 5. The van der Waals surface area contributed by atoms with Crippen molar-refractivity contribution in [2.24, 2.45) is 0 Å². The third kappa shape index (κ3) is 4.19. The standard InChI is InChI=1S/C20H25N3O3S/c24-19-12-21-23(18-6-2-1-5-17(18)19)9-7-20(25)22(15-8-11-27-14-15)13-16-4-3-10-26-16/h1-2,5-6,12,15-16H,3-4,7-11,13-14H2. The van der Waals surface area contributed by atoms with Gasteiger partial charge < -0.3 is 9.64 Å². The molecule has 0 spiro atoms. The van der Waals surface area contributed by atoms with E-state index < -0.39 is 0 Å².